The summed E-state index contributed by atoms with van der Waals surface area (Å²) in [4.78, 5) is 17.6. The third-order valence-electron chi connectivity index (χ3n) is 6.78. The molecule has 2 heterocycles. The first-order valence-electron chi connectivity index (χ1n) is 12.4. The first-order chi connectivity index (χ1) is 16.5. The lowest BCUT2D eigenvalue weighted by Gasteiger charge is -2.28. The Morgan fingerprint density at radius 3 is 2.53 bits per heavy atom. The lowest BCUT2D eigenvalue weighted by Crippen LogP contribution is -2.36. The van der Waals surface area contributed by atoms with Crippen LogP contribution in [0.4, 0.5) is 0 Å². The Kier molecular flexibility index (Phi) is 8.25. The van der Waals surface area contributed by atoms with Crippen LogP contribution >= 0.6 is 0 Å². The van der Waals surface area contributed by atoms with Crippen LogP contribution in [0.2, 0.25) is 0 Å². The Morgan fingerprint density at radius 1 is 1.03 bits per heavy atom. The molecule has 6 nitrogen and oxygen atoms in total. The van der Waals surface area contributed by atoms with Crippen molar-refractivity contribution in [3.63, 3.8) is 0 Å². The Balaban J connectivity index is 1.30. The molecule has 0 radical (unpaired) electrons. The predicted molar refractivity (Wildman–Crippen MR) is 137 cm³/mol. The summed E-state index contributed by atoms with van der Waals surface area (Å²) in [6.45, 7) is 6.00. The van der Waals surface area contributed by atoms with Crippen molar-refractivity contribution < 1.29 is 14.3 Å². The fraction of sp³-hybridized carbons (Fsp3) is 0.464. The molecule has 3 aromatic rings. The fourth-order valence-corrected chi connectivity index (χ4v) is 4.68. The highest BCUT2D eigenvalue weighted by Gasteiger charge is 2.15. The maximum absolute atomic E-state index is 12.6. The molecule has 0 bridgehead atoms. The number of likely N-dealkylation sites (tertiary alicyclic amines) is 1. The van der Waals surface area contributed by atoms with Gasteiger partial charge in [-0.25, -0.2) is 0 Å². The number of methoxy groups -OCH3 is 1. The zero-order valence-electron chi connectivity index (χ0n) is 20.4. The summed E-state index contributed by atoms with van der Waals surface area (Å²) >= 11 is 0. The smallest absolute Gasteiger partial charge is 0.204 e. The maximum atomic E-state index is 12.6. The molecule has 1 aromatic heterocycles. The highest BCUT2D eigenvalue weighted by atomic mass is 16.5. The lowest BCUT2D eigenvalue weighted by molar-refractivity contribution is 0.195. The van der Waals surface area contributed by atoms with Gasteiger partial charge >= 0.3 is 0 Å². The molecule has 1 fully saturated rings. The lowest BCUT2D eigenvalue weighted by atomic mass is 10.0. The average Bonchev–Trinajstić information content (AvgIpc) is 2.86. The first-order valence-corrected chi connectivity index (χ1v) is 12.4. The van der Waals surface area contributed by atoms with E-state index in [0.29, 0.717) is 11.1 Å². The molecule has 0 amide bonds. The number of aromatic hydroxyl groups is 1. The second-order valence-electron chi connectivity index (χ2n) is 9.33. The summed E-state index contributed by atoms with van der Waals surface area (Å²) in [6.07, 6.45) is 7.46. The molecule has 6 heteroatoms. The van der Waals surface area contributed by atoms with E-state index in [0.717, 1.165) is 31.5 Å². The van der Waals surface area contributed by atoms with Crippen LogP contribution in [0.1, 0.15) is 37.7 Å². The van der Waals surface area contributed by atoms with Crippen LogP contribution < -0.4 is 10.2 Å². The highest BCUT2D eigenvalue weighted by Crippen LogP contribution is 2.35. The van der Waals surface area contributed by atoms with Gasteiger partial charge in [0.1, 0.15) is 5.76 Å². The van der Waals surface area contributed by atoms with Gasteiger partial charge in [0.15, 0.2) is 16.8 Å². The normalized spacial score (nSPS) is 14.7. The van der Waals surface area contributed by atoms with Gasteiger partial charge in [-0.15, -0.1) is 0 Å². The molecule has 4 rings (SSSR count). The van der Waals surface area contributed by atoms with Crippen molar-refractivity contribution >= 4 is 11.0 Å². The van der Waals surface area contributed by atoms with Crippen LogP contribution in [0.25, 0.3) is 22.3 Å². The molecular weight excluding hydrogens is 428 g/mol. The van der Waals surface area contributed by atoms with Gasteiger partial charge in [-0.05, 0) is 76.5 Å². The minimum absolute atomic E-state index is 0.0530. The summed E-state index contributed by atoms with van der Waals surface area (Å²) in [5.41, 5.74) is 2.20. The fourth-order valence-electron chi connectivity index (χ4n) is 4.68. The number of hydrogen-bond donors (Lipinski definition) is 1. The Bertz CT molecular complexity index is 1130. The van der Waals surface area contributed by atoms with Crippen LogP contribution in [-0.4, -0.2) is 61.8 Å². The SMILES string of the molecule is COc1c(O)ccc2c(=O)cc(-c3ccc(CCCCN(C)CCN4CCCCC4)cc3)oc12. The van der Waals surface area contributed by atoms with Crippen molar-refractivity contribution in [2.45, 2.75) is 38.5 Å². The highest BCUT2D eigenvalue weighted by molar-refractivity contribution is 5.86. The van der Waals surface area contributed by atoms with E-state index in [1.54, 1.807) is 6.07 Å². The zero-order valence-corrected chi connectivity index (χ0v) is 20.4. The third-order valence-corrected chi connectivity index (χ3v) is 6.78. The number of rotatable bonds is 10. The number of unbranched alkanes of at least 4 members (excludes halogenated alkanes) is 1. The first kappa shape index (κ1) is 24.3. The largest absolute Gasteiger partial charge is 0.504 e. The number of ether oxygens (including phenoxy) is 1. The second kappa shape index (κ2) is 11.5. The number of aryl methyl sites for hydroxylation is 1. The number of benzene rings is 2. The van der Waals surface area contributed by atoms with Gasteiger partial charge in [-0.2, -0.15) is 0 Å². The van der Waals surface area contributed by atoms with Crippen molar-refractivity contribution in [3.05, 3.63) is 58.3 Å². The molecule has 1 N–H and O–H groups in total. The van der Waals surface area contributed by atoms with Gasteiger partial charge < -0.3 is 24.1 Å². The maximum Gasteiger partial charge on any atom is 0.204 e. The number of phenols is 1. The van der Waals surface area contributed by atoms with Gasteiger partial charge in [0.25, 0.3) is 0 Å². The van der Waals surface area contributed by atoms with Gasteiger partial charge in [0, 0.05) is 24.7 Å². The third kappa shape index (κ3) is 5.99. The Hall–Kier alpha value is -2.83. The monoisotopic (exact) mass is 464 g/mol. The summed E-state index contributed by atoms with van der Waals surface area (Å²) in [5.74, 6) is 0.583. The average molecular weight is 465 g/mol. The number of piperidine rings is 1. The number of phenolic OH excluding ortho intramolecular Hbond substituents is 1. The molecule has 0 saturated carbocycles. The van der Waals surface area contributed by atoms with E-state index in [1.165, 1.54) is 70.1 Å². The number of fused-ring (bicyclic) bond motifs is 1. The van der Waals surface area contributed by atoms with E-state index in [-0.39, 0.29) is 22.5 Å². The van der Waals surface area contributed by atoms with Crippen LogP contribution in [0.5, 0.6) is 11.5 Å². The van der Waals surface area contributed by atoms with E-state index in [2.05, 4.69) is 29.0 Å². The summed E-state index contributed by atoms with van der Waals surface area (Å²) in [6, 6.07) is 12.7. The molecule has 1 aliphatic rings. The van der Waals surface area contributed by atoms with Crippen molar-refractivity contribution in [3.8, 4) is 22.8 Å². The van der Waals surface area contributed by atoms with Crippen molar-refractivity contribution in [1.82, 2.24) is 9.80 Å². The summed E-state index contributed by atoms with van der Waals surface area (Å²) in [5, 5.41) is 10.4. The van der Waals surface area contributed by atoms with Crippen molar-refractivity contribution in [2.75, 3.05) is 46.9 Å². The minimum Gasteiger partial charge on any atom is -0.504 e. The molecule has 2 aromatic carbocycles. The molecule has 0 unspecified atom stereocenters. The molecule has 0 spiro atoms. The van der Waals surface area contributed by atoms with E-state index in [9.17, 15) is 9.90 Å². The van der Waals surface area contributed by atoms with Crippen molar-refractivity contribution in [2.24, 2.45) is 0 Å². The van der Waals surface area contributed by atoms with E-state index >= 15 is 0 Å². The number of hydrogen-bond acceptors (Lipinski definition) is 6. The molecule has 1 aliphatic heterocycles. The van der Waals surface area contributed by atoms with Crippen LogP contribution in [0.3, 0.4) is 0 Å². The summed E-state index contributed by atoms with van der Waals surface area (Å²) < 4.78 is 11.2. The minimum atomic E-state index is -0.164. The van der Waals surface area contributed by atoms with Crippen molar-refractivity contribution in [1.29, 1.82) is 0 Å². The standard InChI is InChI=1S/C28H36N2O4/c1-29(18-19-30-16-5-3-6-17-30)15-7-4-8-21-9-11-22(12-10-21)26-20-25(32)23-13-14-24(31)28(33-2)27(23)34-26/h9-14,20,31H,3-8,15-19H2,1-2H3. The quantitative estimate of drug-likeness (QED) is 0.430. The second-order valence-corrected chi connectivity index (χ2v) is 9.33. The van der Waals surface area contributed by atoms with E-state index < -0.39 is 0 Å². The molecule has 0 aliphatic carbocycles. The van der Waals surface area contributed by atoms with Crippen LogP contribution in [0.15, 0.2) is 51.7 Å². The zero-order chi connectivity index (χ0) is 23.9. The van der Waals surface area contributed by atoms with E-state index in [4.69, 9.17) is 9.15 Å². The van der Waals surface area contributed by atoms with Gasteiger partial charge in [-0.1, -0.05) is 30.7 Å². The Labute approximate surface area is 201 Å². The van der Waals surface area contributed by atoms with E-state index in [1.807, 2.05) is 12.1 Å². The topological polar surface area (TPSA) is 66.2 Å². The number of nitrogens with zero attached hydrogens (tertiary/aromatic N) is 2. The molecule has 1 saturated heterocycles. The van der Waals surface area contributed by atoms with Gasteiger partial charge in [-0.3, -0.25) is 4.79 Å². The van der Waals surface area contributed by atoms with Gasteiger partial charge in [0.05, 0.1) is 12.5 Å². The predicted octanol–water partition coefficient (Wildman–Crippen LogP) is 4.91. The molecule has 34 heavy (non-hydrogen) atoms. The van der Waals surface area contributed by atoms with Crippen LogP contribution in [0, 0.1) is 0 Å². The molecular formula is C28H36N2O4. The van der Waals surface area contributed by atoms with Gasteiger partial charge in [0.2, 0.25) is 5.75 Å². The molecule has 0 atom stereocenters. The Morgan fingerprint density at radius 2 is 1.79 bits per heavy atom. The number of likely N-dealkylation sites (N-methyl/N-ethyl adjacent to an activating group) is 1. The summed E-state index contributed by atoms with van der Waals surface area (Å²) in [7, 11) is 3.67. The molecule has 182 valence electrons. The van der Waals surface area contributed by atoms with Crippen LogP contribution in [-0.2, 0) is 6.42 Å².